The molecule has 1 aliphatic carbocycles. The molecule has 9 heteroatoms. The first-order chi connectivity index (χ1) is 14.3. The van der Waals surface area contributed by atoms with E-state index in [4.69, 9.17) is 4.74 Å². The molecular weight excluding hydrogens is 408 g/mol. The minimum Gasteiger partial charge on any atom is -0.464 e. The van der Waals surface area contributed by atoms with Crippen LogP contribution in [0.25, 0.3) is 10.9 Å². The Labute approximate surface area is 176 Å². The molecule has 1 aliphatic rings. The van der Waals surface area contributed by atoms with Gasteiger partial charge in [-0.15, -0.1) is 0 Å². The van der Waals surface area contributed by atoms with Crippen molar-refractivity contribution in [3.8, 4) is 0 Å². The SMILES string of the molecule is CCCCOC(=O)[C@H](Cc1c[nH]c2ccccc12)NC(=O)C1CCC(S(=O)(=O)O)C1. The number of H-pyrrole nitrogens is 1. The van der Waals surface area contributed by atoms with E-state index in [1.54, 1.807) is 0 Å². The molecule has 3 atom stereocenters. The minimum absolute atomic E-state index is 0.0509. The normalized spacial score (nSPS) is 20.2. The van der Waals surface area contributed by atoms with Crippen LogP contribution in [0.3, 0.4) is 0 Å². The molecule has 2 unspecified atom stereocenters. The van der Waals surface area contributed by atoms with E-state index in [1.165, 1.54) is 0 Å². The minimum atomic E-state index is -4.17. The number of fused-ring (bicyclic) bond motifs is 1. The fraction of sp³-hybridized carbons (Fsp3) is 0.524. The number of rotatable bonds is 9. The van der Waals surface area contributed by atoms with Crippen LogP contribution in [0.1, 0.15) is 44.6 Å². The van der Waals surface area contributed by atoms with Crippen molar-refractivity contribution in [1.82, 2.24) is 10.3 Å². The number of ether oxygens (including phenoxy) is 1. The number of hydrogen-bond donors (Lipinski definition) is 3. The summed E-state index contributed by atoms with van der Waals surface area (Å²) in [6, 6.07) is 6.81. The van der Waals surface area contributed by atoms with E-state index in [9.17, 15) is 22.6 Å². The van der Waals surface area contributed by atoms with Gasteiger partial charge in [0.15, 0.2) is 0 Å². The van der Waals surface area contributed by atoms with Crippen molar-refractivity contribution < 1.29 is 27.3 Å². The molecule has 8 nitrogen and oxygen atoms in total. The third-order valence-electron chi connectivity index (χ3n) is 5.62. The fourth-order valence-corrected chi connectivity index (χ4v) is 4.78. The lowest BCUT2D eigenvalue weighted by Gasteiger charge is -2.20. The zero-order valence-corrected chi connectivity index (χ0v) is 17.8. The number of unbranched alkanes of at least 4 members (excludes halogenated alkanes) is 1. The highest BCUT2D eigenvalue weighted by atomic mass is 32.2. The first-order valence-corrected chi connectivity index (χ1v) is 11.8. The van der Waals surface area contributed by atoms with Crippen molar-refractivity contribution in [3.05, 3.63) is 36.0 Å². The number of esters is 1. The van der Waals surface area contributed by atoms with Crippen molar-refractivity contribution >= 4 is 32.9 Å². The number of benzene rings is 1. The van der Waals surface area contributed by atoms with Gasteiger partial charge < -0.3 is 15.0 Å². The van der Waals surface area contributed by atoms with E-state index in [1.807, 2.05) is 37.4 Å². The fourth-order valence-electron chi connectivity index (χ4n) is 3.87. The highest BCUT2D eigenvalue weighted by molar-refractivity contribution is 7.86. The lowest BCUT2D eigenvalue weighted by atomic mass is 10.0. The summed E-state index contributed by atoms with van der Waals surface area (Å²) in [4.78, 5) is 28.6. The summed E-state index contributed by atoms with van der Waals surface area (Å²) in [7, 11) is -4.17. The molecule has 3 rings (SSSR count). The molecular formula is C21H28N2O6S. The standard InChI is InChI=1S/C21H28N2O6S/c1-2-3-10-29-21(25)19(12-15-13-22-18-7-5-4-6-17(15)18)23-20(24)14-8-9-16(11-14)30(26,27)28/h4-7,13-14,16,19,22H,2-3,8-12H2,1H3,(H,23,24)(H,26,27,28)/t14?,16?,19-/m0/s1. The Morgan fingerprint density at radius 3 is 2.77 bits per heavy atom. The molecule has 0 radical (unpaired) electrons. The average molecular weight is 437 g/mol. The summed E-state index contributed by atoms with van der Waals surface area (Å²) >= 11 is 0. The quantitative estimate of drug-likeness (QED) is 0.315. The number of para-hydroxylation sites is 1. The summed E-state index contributed by atoms with van der Waals surface area (Å²) in [5.41, 5.74) is 1.81. The Balaban J connectivity index is 1.72. The molecule has 1 saturated carbocycles. The number of amides is 1. The van der Waals surface area contributed by atoms with Crippen molar-refractivity contribution in [2.45, 2.75) is 56.7 Å². The van der Waals surface area contributed by atoms with E-state index in [0.717, 1.165) is 29.3 Å². The van der Waals surface area contributed by atoms with E-state index in [2.05, 4.69) is 10.3 Å². The predicted octanol–water partition coefficient (Wildman–Crippen LogP) is 2.60. The van der Waals surface area contributed by atoms with Gasteiger partial charge in [-0.2, -0.15) is 8.42 Å². The molecule has 0 saturated heterocycles. The van der Waals surface area contributed by atoms with Gasteiger partial charge in [0.25, 0.3) is 10.1 Å². The third-order valence-corrected chi connectivity index (χ3v) is 6.89. The summed E-state index contributed by atoms with van der Waals surface area (Å²) < 4.78 is 37.3. The van der Waals surface area contributed by atoms with Gasteiger partial charge in [0.1, 0.15) is 6.04 Å². The molecule has 30 heavy (non-hydrogen) atoms. The van der Waals surface area contributed by atoms with Crippen LogP contribution < -0.4 is 5.32 Å². The van der Waals surface area contributed by atoms with Gasteiger partial charge >= 0.3 is 5.97 Å². The van der Waals surface area contributed by atoms with Crippen molar-refractivity contribution in [2.75, 3.05) is 6.61 Å². The van der Waals surface area contributed by atoms with Crippen molar-refractivity contribution in [1.29, 1.82) is 0 Å². The van der Waals surface area contributed by atoms with E-state index in [0.29, 0.717) is 6.42 Å². The van der Waals surface area contributed by atoms with Crippen LogP contribution in [0, 0.1) is 5.92 Å². The maximum absolute atomic E-state index is 12.8. The van der Waals surface area contributed by atoms with Crippen LogP contribution in [0.5, 0.6) is 0 Å². The Hall–Kier alpha value is -2.39. The van der Waals surface area contributed by atoms with Crippen LogP contribution in [-0.4, -0.2) is 47.7 Å². The average Bonchev–Trinajstić information content (AvgIpc) is 3.35. The smallest absolute Gasteiger partial charge is 0.328 e. The lowest BCUT2D eigenvalue weighted by molar-refractivity contribution is -0.148. The van der Waals surface area contributed by atoms with Gasteiger partial charge in [0.2, 0.25) is 5.91 Å². The van der Waals surface area contributed by atoms with Crippen LogP contribution in [0.4, 0.5) is 0 Å². The molecule has 1 amide bonds. The Bertz CT molecular complexity index is 1000. The maximum atomic E-state index is 12.8. The van der Waals surface area contributed by atoms with Gasteiger partial charge in [0.05, 0.1) is 11.9 Å². The van der Waals surface area contributed by atoms with Crippen LogP contribution in [0.15, 0.2) is 30.5 Å². The maximum Gasteiger partial charge on any atom is 0.328 e. The third kappa shape index (κ3) is 5.40. The topological polar surface area (TPSA) is 126 Å². The molecule has 1 aromatic carbocycles. The molecule has 1 aromatic heterocycles. The number of aromatic amines is 1. The molecule has 0 spiro atoms. The lowest BCUT2D eigenvalue weighted by Crippen LogP contribution is -2.45. The number of nitrogens with one attached hydrogen (secondary N) is 2. The molecule has 0 bridgehead atoms. The van der Waals surface area contributed by atoms with E-state index < -0.39 is 39.2 Å². The molecule has 3 N–H and O–H groups in total. The van der Waals surface area contributed by atoms with Crippen LogP contribution >= 0.6 is 0 Å². The molecule has 0 aliphatic heterocycles. The van der Waals surface area contributed by atoms with Gasteiger partial charge in [-0.25, -0.2) is 4.79 Å². The van der Waals surface area contributed by atoms with Gasteiger partial charge in [-0.1, -0.05) is 31.5 Å². The summed E-state index contributed by atoms with van der Waals surface area (Å²) in [6.07, 6.45) is 4.31. The molecule has 1 fully saturated rings. The second-order valence-corrected chi connectivity index (χ2v) is 9.49. The number of aromatic nitrogens is 1. The Morgan fingerprint density at radius 2 is 2.07 bits per heavy atom. The molecule has 1 heterocycles. The summed E-state index contributed by atoms with van der Waals surface area (Å²) in [5, 5.41) is 2.79. The monoisotopic (exact) mass is 436 g/mol. The summed E-state index contributed by atoms with van der Waals surface area (Å²) in [6.45, 7) is 2.27. The Morgan fingerprint density at radius 1 is 1.30 bits per heavy atom. The van der Waals surface area contributed by atoms with Crippen LogP contribution in [0.2, 0.25) is 0 Å². The second-order valence-electron chi connectivity index (χ2n) is 7.79. The summed E-state index contributed by atoms with van der Waals surface area (Å²) in [5.74, 6) is -1.46. The predicted molar refractivity (Wildman–Crippen MR) is 112 cm³/mol. The van der Waals surface area contributed by atoms with Gasteiger partial charge in [0, 0.05) is 29.4 Å². The first-order valence-electron chi connectivity index (χ1n) is 10.3. The second kappa shape index (κ2) is 9.61. The largest absolute Gasteiger partial charge is 0.464 e. The zero-order valence-electron chi connectivity index (χ0n) is 17.0. The first kappa shape index (κ1) is 22.3. The number of carbonyl (C=O) groups is 2. The van der Waals surface area contributed by atoms with Crippen molar-refractivity contribution in [2.24, 2.45) is 5.92 Å². The van der Waals surface area contributed by atoms with Gasteiger partial charge in [-0.3, -0.25) is 9.35 Å². The molecule has 164 valence electrons. The highest BCUT2D eigenvalue weighted by Crippen LogP contribution is 2.30. The number of carbonyl (C=O) groups excluding carboxylic acids is 2. The van der Waals surface area contributed by atoms with E-state index in [-0.39, 0.29) is 25.9 Å². The number of hydrogen-bond acceptors (Lipinski definition) is 5. The Kier molecular flexibility index (Phi) is 7.14. The van der Waals surface area contributed by atoms with Gasteiger partial charge in [-0.05, 0) is 37.3 Å². The molecule has 2 aromatic rings. The van der Waals surface area contributed by atoms with Crippen molar-refractivity contribution in [3.63, 3.8) is 0 Å². The zero-order chi connectivity index (χ0) is 21.7. The van der Waals surface area contributed by atoms with E-state index >= 15 is 0 Å². The highest BCUT2D eigenvalue weighted by Gasteiger charge is 2.38. The van der Waals surface area contributed by atoms with Crippen LogP contribution in [-0.2, 0) is 30.9 Å².